The first-order valence-electron chi connectivity index (χ1n) is 6.77. The second kappa shape index (κ2) is 4.52. The van der Waals surface area contributed by atoms with Gasteiger partial charge < -0.3 is 4.90 Å². The lowest BCUT2D eigenvalue weighted by Gasteiger charge is -2.32. The number of fused-ring (bicyclic) bond motifs is 1. The first-order chi connectivity index (χ1) is 8.36. The summed E-state index contributed by atoms with van der Waals surface area (Å²) in [4.78, 5) is 2.30. The molecular formula is C15H20N2. The molecule has 1 heterocycles. The molecule has 0 spiro atoms. The minimum absolute atomic E-state index is 0.365. The monoisotopic (exact) mass is 228 g/mol. The molecule has 0 bridgehead atoms. The van der Waals surface area contributed by atoms with Crippen LogP contribution in [0.2, 0.25) is 0 Å². The SMILES string of the molecule is N=C(C1CCc2ccccc21)N1CCCCC1. The topological polar surface area (TPSA) is 27.1 Å². The van der Waals surface area contributed by atoms with Crippen LogP contribution in [0.4, 0.5) is 0 Å². The highest BCUT2D eigenvalue weighted by molar-refractivity contribution is 5.87. The van der Waals surface area contributed by atoms with Gasteiger partial charge in [-0.2, -0.15) is 0 Å². The minimum atomic E-state index is 0.365. The van der Waals surface area contributed by atoms with Gasteiger partial charge in [-0.3, -0.25) is 5.41 Å². The van der Waals surface area contributed by atoms with Crippen LogP contribution in [0.25, 0.3) is 0 Å². The summed E-state index contributed by atoms with van der Waals surface area (Å²) < 4.78 is 0. The molecule has 1 fully saturated rings. The van der Waals surface area contributed by atoms with Crippen molar-refractivity contribution >= 4 is 5.84 Å². The third-order valence-electron chi connectivity index (χ3n) is 4.16. The molecule has 17 heavy (non-hydrogen) atoms. The predicted molar refractivity (Wildman–Crippen MR) is 70.7 cm³/mol. The van der Waals surface area contributed by atoms with E-state index in [1.54, 1.807) is 0 Å². The fraction of sp³-hybridized carbons (Fsp3) is 0.533. The lowest BCUT2D eigenvalue weighted by Crippen LogP contribution is -2.37. The van der Waals surface area contributed by atoms with E-state index < -0.39 is 0 Å². The maximum atomic E-state index is 8.44. The molecular weight excluding hydrogens is 208 g/mol. The molecule has 1 aliphatic carbocycles. The molecule has 2 nitrogen and oxygen atoms in total. The van der Waals surface area contributed by atoms with Crippen molar-refractivity contribution in [1.29, 1.82) is 5.41 Å². The Labute approximate surface area is 103 Å². The van der Waals surface area contributed by atoms with Gasteiger partial charge in [0.15, 0.2) is 0 Å². The van der Waals surface area contributed by atoms with Crippen LogP contribution >= 0.6 is 0 Å². The smallest absolute Gasteiger partial charge is 0.103 e. The molecule has 1 unspecified atom stereocenters. The van der Waals surface area contributed by atoms with Gasteiger partial charge in [-0.05, 0) is 43.2 Å². The summed E-state index contributed by atoms with van der Waals surface area (Å²) in [5, 5.41) is 8.44. The number of nitrogens with one attached hydrogen (secondary N) is 1. The Bertz CT molecular complexity index is 419. The van der Waals surface area contributed by atoms with Crippen molar-refractivity contribution in [3.63, 3.8) is 0 Å². The van der Waals surface area contributed by atoms with Crippen molar-refractivity contribution < 1.29 is 0 Å². The molecule has 1 N–H and O–H groups in total. The number of rotatable bonds is 1. The maximum Gasteiger partial charge on any atom is 0.103 e. The highest BCUT2D eigenvalue weighted by Gasteiger charge is 2.29. The Morgan fingerprint density at radius 3 is 2.71 bits per heavy atom. The van der Waals surface area contributed by atoms with Crippen LogP contribution in [0.15, 0.2) is 24.3 Å². The number of hydrogen-bond donors (Lipinski definition) is 1. The molecule has 2 aliphatic rings. The van der Waals surface area contributed by atoms with Gasteiger partial charge in [0.05, 0.1) is 0 Å². The summed E-state index contributed by atoms with van der Waals surface area (Å²) in [6, 6.07) is 8.66. The van der Waals surface area contributed by atoms with Gasteiger partial charge in [-0.1, -0.05) is 24.3 Å². The molecule has 3 rings (SSSR count). The lowest BCUT2D eigenvalue weighted by atomic mass is 9.98. The number of amidine groups is 1. The minimum Gasteiger partial charge on any atom is -0.360 e. The highest BCUT2D eigenvalue weighted by Crippen LogP contribution is 2.34. The Morgan fingerprint density at radius 1 is 1.12 bits per heavy atom. The van der Waals surface area contributed by atoms with Gasteiger partial charge in [0, 0.05) is 19.0 Å². The van der Waals surface area contributed by atoms with Gasteiger partial charge in [-0.25, -0.2) is 0 Å². The Kier molecular flexibility index (Phi) is 2.87. The predicted octanol–water partition coefficient (Wildman–Crippen LogP) is 3.18. The molecule has 1 saturated heterocycles. The zero-order valence-corrected chi connectivity index (χ0v) is 10.3. The lowest BCUT2D eigenvalue weighted by molar-refractivity contribution is 0.330. The van der Waals surface area contributed by atoms with Crippen LogP contribution in [-0.2, 0) is 6.42 Å². The van der Waals surface area contributed by atoms with Gasteiger partial charge >= 0.3 is 0 Å². The number of nitrogens with zero attached hydrogens (tertiary/aromatic N) is 1. The van der Waals surface area contributed by atoms with Gasteiger partial charge in [0.2, 0.25) is 0 Å². The van der Waals surface area contributed by atoms with Crippen molar-refractivity contribution in [1.82, 2.24) is 4.90 Å². The number of piperidine rings is 1. The van der Waals surface area contributed by atoms with E-state index in [4.69, 9.17) is 5.41 Å². The van der Waals surface area contributed by atoms with Crippen LogP contribution in [0.1, 0.15) is 42.7 Å². The summed E-state index contributed by atoms with van der Waals surface area (Å²) in [7, 11) is 0. The van der Waals surface area contributed by atoms with E-state index in [9.17, 15) is 0 Å². The van der Waals surface area contributed by atoms with Crippen LogP contribution in [0.5, 0.6) is 0 Å². The molecule has 90 valence electrons. The van der Waals surface area contributed by atoms with E-state index in [2.05, 4.69) is 29.2 Å². The second-order valence-corrected chi connectivity index (χ2v) is 5.22. The van der Waals surface area contributed by atoms with Gasteiger partial charge in [0.1, 0.15) is 5.84 Å². The summed E-state index contributed by atoms with van der Waals surface area (Å²) in [5.74, 6) is 1.24. The first kappa shape index (κ1) is 10.8. The van der Waals surface area contributed by atoms with Crippen molar-refractivity contribution in [2.45, 2.75) is 38.0 Å². The van der Waals surface area contributed by atoms with E-state index >= 15 is 0 Å². The van der Waals surface area contributed by atoms with Crippen LogP contribution in [-0.4, -0.2) is 23.8 Å². The van der Waals surface area contributed by atoms with Crippen molar-refractivity contribution in [3.8, 4) is 0 Å². The van der Waals surface area contributed by atoms with Gasteiger partial charge in [0.25, 0.3) is 0 Å². The molecule has 1 aromatic carbocycles. The first-order valence-corrected chi connectivity index (χ1v) is 6.77. The summed E-state index contributed by atoms with van der Waals surface area (Å²) in [6.45, 7) is 2.19. The fourth-order valence-electron chi connectivity index (χ4n) is 3.20. The van der Waals surface area contributed by atoms with Crippen LogP contribution < -0.4 is 0 Å². The summed E-state index contributed by atoms with van der Waals surface area (Å²) in [5.41, 5.74) is 2.86. The van der Waals surface area contributed by atoms with Crippen LogP contribution in [0.3, 0.4) is 0 Å². The fourth-order valence-corrected chi connectivity index (χ4v) is 3.20. The van der Waals surface area contributed by atoms with E-state index in [-0.39, 0.29) is 0 Å². The standard InChI is InChI=1S/C15H20N2/c16-15(17-10-4-1-5-11-17)14-9-8-12-6-2-3-7-13(12)14/h2-3,6-7,14,16H,1,4-5,8-11H2. The number of likely N-dealkylation sites (tertiary alicyclic amines) is 1. The van der Waals surface area contributed by atoms with E-state index in [0.717, 1.165) is 31.8 Å². The van der Waals surface area contributed by atoms with Crippen molar-refractivity contribution in [2.24, 2.45) is 0 Å². The summed E-state index contributed by atoms with van der Waals surface area (Å²) >= 11 is 0. The second-order valence-electron chi connectivity index (χ2n) is 5.22. The third kappa shape index (κ3) is 1.97. The molecule has 0 radical (unpaired) electrons. The normalized spacial score (nSPS) is 23.5. The molecule has 1 aliphatic heterocycles. The zero-order chi connectivity index (χ0) is 11.7. The number of benzene rings is 1. The molecule has 2 heteroatoms. The maximum absolute atomic E-state index is 8.44. The van der Waals surface area contributed by atoms with Gasteiger partial charge in [-0.15, -0.1) is 0 Å². The largest absolute Gasteiger partial charge is 0.360 e. The van der Waals surface area contributed by atoms with Crippen molar-refractivity contribution in [3.05, 3.63) is 35.4 Å². The Morgan fingerprint density at radius 2 is 1.88 bits per heavy atom. The zero-order valence-electron chi connectivity index (χ0n) is 10.3. The summed E-state index contributed by atoms with van der Waals surface area (Å²) in [6.07, 6.45) is 6.14. The van der Waals surface area contributed by atoms with Crippen LogP contribution in [0, 0.1) is 5.41 Å². The van der Waals surface area contributed by atoms with E-state index in [0.29, 0.717) is 5.92 Å². The Balaban J connectivity index is 1.79. The van der Waals surface area contributed by atoms with E-state index in [1.165, 1.54) is 30.4 Å². The molecule has 1 atom stereocenters. The molecule has 0 aromatic heterocycles. The quantitative estimate of drug-likeness (QED) is 0.580. The number of hydrogen-bond acceptors (Lipinski definition) is 1. The molecule has 0 amide bonds. The number of aryl methyl sites for hydroxylation is 1. The van der Waals surface area contributed by atoms with Crippen molar-refractivity contribution in [2.75, 3.05) is 13.1 Å². The molecule has 0 saturated carbocycles. The highest BCUT2D eigenvalue weighted by atomic mass is 15.2. The Hall–Kier alpha value is -1.31. The third-order valence-corrected chi connectivity index (χ3v) is 4.16. The van der Waals surface area contributed by atoms with E-state index in [1.807, 2.05) is 0 Å². The molecule has 1 aromatic rings. The average molecular weight is 228 g/mol. The average Bonchev–Trinajstić information content (AvgIpc) is 2.83.